The van der Waals surface area contributed by atoms with Gasteiger partial charge in [-0.15, -0.1) is 0 Å². The molecule has 1 aromatic carbocycles. The number of aliphatic hydroxyl groups excluding tert-OH is 1. The number of cyclic esters (lactones) is 2. The van der Waals surface area contributed by atoms with Crippen molar-refractivity contribution in [2.45, 2.75) is 26.2 Å². The molecule has 1 aromatic rings. The van der Waals surface area contributed by atoms with Crippen LogP contribution in [-0.4, -0.2) is 22.8 Å². The Morgan fingerprint density at radius 1 is 1.25 bits per heavy atom. The van der Waals surface area contributed by atoms with Crippen molar-refractivity contribution in [2.75, 3.05) is 0 Å². The molecule has 0 unspecified atom stereocenters. The van der Waals surface area contributed by atoms with Crippen molar-refractivity contribution in [1.29, 1.82) is 0 Å². The van der Waals surface area contributed by atoms with E-state index in [2.05, 4.69) is 0 Å². The highest BCUT2D eigenvalue weighted by atomic mass is 19.1. The van der Waals surface area contributed by atoms with Crippen LogP contribution in [-0.2, 0) is 25.7 Å². The fourth-order valence-electron chi connectivity index (χ4n) is 1.73. The summed E-state index contributed by atoms with van der Waals surface area (Å²) >= 11 is 0. The first-order valence-corrected chi connectivity index (χ1v) is 5.90. The number of halogens is 1. The average molecular weight is 280 g/mol. The van der Waals surface area contributed by atoms with Crippen LogP contribution < -0.4 is 0 Å². The van der Waals surface area contributed by atoms with Crippen LogP contribution >= 0.6 is 0 Å². The van der Waals surface area contributed by atoms with Crippen LogP contribution in [0.5, 0.6) is 0 Å². The molecule has 0 amide bonds. The van der Waals surface area contributed by atoms with Crippen LogP contribution in [0, 0.1) is 5.82 Å². The third kappa shape index (κ3) is 2.85. The molecule has 5 nitrogen and oxygen atoms in total. The minimum absolute atomic E-state index is 0.127. The number of hydrogen-bond donors (Lipinski definition) is 1. The van der Waals surface area contributed by atoms with Crippen molar-refractivity contribution in [3.8, 4) is 0 Å². The second-order valence-corrected chi connectivity index (χ2v) is 4.75. The number of esters is 2. The van der Waals surface area contributed by atoms with E-state index in [1.807, 2.05) is 0 Å². The molecule has 1 heterocycles. The van der Waals surface area contributed by atoms with Gasteiger partial charge in [0.15, 0.2) is 0 Å². The molecule has 6 heteroatoms. The van der Waals surface area contributed by atoms with Crippen LogP contribution in [0.3, 0.4) is 0 Å². The summed E-state index contributed by atoms with van der Waals surface area (Å²) in [5.41, 5.74) is 0.117. The Morgan fingerprint density at radius 2 is 1.85 bits per heavy atom. The summed E-state index contributed by atoms with van der Waals surface area (Å²) in [6, 6.07) is 3.95. The number of aliphatic hydroxyl groups is 1. The Labute approximate surface area is 114 Å². The van der Waals surface area contributed by atoms with Crippen molar-refractivity contribution < 1.29 is 28.6 Å². The van der Waals surface area contributed by atoms with Gasteiger partial charge in [0.2, 0.25) is 0 Å². The molecule has 1 aliphatic rings. The number of rotatable bonds is 2. The van der Waals surface area contributed by atoms with E-state index >= 15 is 0 Å². The fraction of sp³-hybridized carbons (Fsp3) is 0.286. The minimum atomic E-state index is -1.31. The number of benzene rings is 1. The molecule has 1 saturated heterocycles. The molecule has 20 heavy (non-hydrogen) atoms. The van der Waals surface area contributed by atoms with E-state index in [4.69, 9.17) is 14.6 Å². The largest absolute Gasteiger partial charge is 0.419 e. The van der Waals surface area contributed by atoms with Gasteiger partial charge in [-0.2, -0.15) is 0 Å². The topological polar surface area (TPSA) is 72.8 Å². The first-order valence-electron chi connectivity index (χ1n) is 5.90. The van der Waals surface area contributed by atoms with Crippen molar-refractivity contribution in [1.82, 2.24) is 0 Å². The summed E-state index contributed by atoms with van der Waals surface area (Å²) in [5.74, 6) is -3.58. The van der Waals surface area contributed by atoms with Gasteiger partial charge < -0.3 is 14.6 Å². The number of hydrogen-bond acceptors (Lipinski definition) is 5. The Hall–Kier alpha value is -2.21. The number of carbonyl (C=O) groups is 2. The Bertz CT molecular complexity index is 582. The van der Waals surface area contributed by atoms with Gasteiger partial charge in [-0.05, 0) is 17.7 Å². The Kier molecular flexibility index (Phi) is 3.59. The summed E-state index contributed by atoms with van der Waals surface area (Å²) in [6.07, 6.45) is 1.18. The maximum absolute atomic E-state index is 13.5. The lowest BCUT2D eigenvalue weighted by Crippen LogP contribution is -2.41. The van der Waals surface area contributed by atoms with Crippen LogP contribution in [0.15, 0.2) is 23.8 Å². The maximum Gasteiger partial charge on any atom is 0.348 e. The molecular formula is C14H13FO5. The fourth-order valence-corrected chi connectivity index (χ4v) is 1.73. The second-order valence-electron chi connectivity index (χ2n) is 4.75. The molecule has 0 radical (unpaired) electrons. The molecule has 0 atom stereocenters. The average Bonchev–Trinajstić information content (AvgIpc) is 2.33. The van der Waals surface area contributed by atoms with E-state index in [9.17, 15) is 14.0 Å². The van der Waals surface area contributed by atoms with E-state index in [0.29, 0.717) is 5.56 Å². The van der Waals surface area contributed by atoms with Crippen LogP contribution in [0.4, 0.5) is 4.39 Å². The van der Waals surface area contributed by atoms with E-state index in [1.165, 1.54) is 32.1 Å². The minimum Gasteiger partial charge on any atom is -0.419 e. The molecule has 1 fully saturated rings. The van der Waals surface area contributed by atoms with Gasteiger partial charge >= 0.3 is 11.9 Å². The first kappa shape index (κ1) is 14.2. The van der Waals surface area contributed by atoms with Crippen molar-refractivity contribution in [3.05, 3.63) is 40.7 Å². The lowest BCUT2D eigenvalue weighted by molar-refractivity contribution is -0.222. The summed E-state index contributed by atoms with van der Waals surface area (Å²) in [6.45, 7) is 2.45. The number of carbonyl (C=O) groups excluding carboxylic acids is 2. The van der Waals surface area contributed by atoms with Gasteiger partial charge in [-0.3, -0.25) is 0 Å². The molecule has 1 N–H and O–H groups in total. The van der Waals surface area contributed by atoms with Crippen molar-refractivity contribution in [2.24, 2.45) is 0 Å². The van der Waals surface area contributed by atoms with E-state index in [1.54, 1.807) is 0 Å². The predicted molar refractivity (Wildman–Crippen MR) is 66.6 cm³/mol. The molecule has 1 aliphatic heterocycles. The third-order valence-corrected chi connectivity index (χ3v) is 2.68. The standard InChI is InChI=1S/C14H13FO5/c1-14(2)19-12(17)10(13(18)20-14)5-8-3-4-9(7-16)11(15)6-8/h3-6,16H,7H2,1-2H3. The van der Waals surface area contributed by atoms with Crippen molar-refractivity contribution >= 4 is 18.0 Å². The maximum atomic E-state index is 13.5. The van der Waals surface area contributed by atoms with Gasteiger partial charge in [-0.1, -0.05) is 12.1 Å². The predicted octanol–water partition coefficient (Wildman–Crippen LogP) is 1.54. The monoisotopic (exact) mass is 280 g/mol. The summed E-state index contributed by atoms with van der Waals surface area (Å²) in [7, 11) is 0. The van der Waals surface area contributed by atoms with Gasteiger partial charge in [-0.25, -0.2) is 14.0 Å². The van der Waals surface area contributed by atoms with Gasteiger partial charge in [0.05, 0.1) is 6.61 Å². The van der Waals surface area contributed by atoms with Crippen LogP contribution in [0.25, 0.3) is 6.08 Å². The van der Waals surface area contributed by atoms with Gasteiger partial charge in [0.1, 0.15) is 11.4 Å². The summed E-state index contributed by atoms with van der Waals surface area (Å²) in [5, 5.41) is 8.87. The Balaban J connectivity index is 2.33. The first-order chi connectivity index (χ1) is 9.32. The highest BCUT2D eigenvalue weighted by Crippen LogP contribution is 2.24. The van der Waals surface area contributed by atoms with Gasteiger partial charge in [0.25, 0.3) is 5.79 Å². The zero-order valence-corrected chi connectivity index (χ0v) is 11.0. The molecule has 0 aromatic heterocycles. The molecule has 106 valence electrons. The molecular weight excluding hydrogens is 267 g/mol. The molecule has 0 aliphatic carbocycles. The number of ether oxygens (including phenoxy) is 2. The Morgan fingerprint density at radius 3 is 2.35 bits per heavy atom. The zero-order chi connectivity index (χ0) is 14.9. The lowest BCUT2D eigenvalue weighted by atomic mass is 10.1. The smallest absolute Gasteiger partial charge is 0.348 e. The summed E-state index contributed by atoms with van der Waals surface area (Å²) in [4.78, 5) is 23.4. The molecule has 0 spiro atoms. The second kappa shape index (κ2) is 5.05. The van der Waals surface area contributed by atoms with Crippen LogP contribution in [0.1, 0.15) is 25.0 Å². The lowest BCUT2D eigenvalue weighted by Gasteiger charge is -2.29. The normalized spacial score (nSPS) is 17.5. The zero-order valence-electron chi connectivity index (χ0n) is 11.0. The SMILES string of the molecule is CC1(C)OC(=O)C(=Cc2ccc(CO)c(F)c2)C(=O)O1. The third-order valence-electron chi connectivity index (χ3n) is 2.68. The molecule has 0 saturated carbocycles. The van der Waals surface area contributed by atoms with E-state index < -0.39 is 30.1 Å². The quantitative estimate of drug-likeness (QED) is 0.505. The van der Waals surface area contributed by atoms with Crippen LogP contribution in [0.2, 0.25) is 0 Å². The van der Waals surface area contributed by atoms with Crippen molar-refractivity contribution in [3.63, 3.8) is 0 Å². The molecule has 2 rings (SSSR count). The van der Waals surface area contributed by atoms with E-state index in [0.717, 1.165) is 6.07 Å². The summed E-state index contributed by atoms with van der Waals surface area (Å²) < 4.78 is 23.3. The van der Waals surface area contributed by atoms with Gasteiger partial charge in [0, 0.05) is 19.4 Å². The highest BCUT2D eigenvalue weighted by Gasteiger charge is 2.38. The van der Waals surface area contributed by atoms with E-state index in [-0.39, 0.29) is 11.1 Å². The molecule has 0 bridgehead atoms. The highest BCUT2D eigenvalue weighted by molar-refractivity contribution is 6.18.